The molecular weight excluding hydrogens is 442 g/mol. The van der Waals surface area contributed by atoms with Crippen LogP contribution in [0.25, 0.3) is 5.76 Å². The molecule has 0 aliphatic heterocycles. The molecule has 1 aromatic carbocycles. The number of fused-ring (bicyclic) bond motifs is 3. The molecule has 3 aliphatic carbocycles. The summed E-state index contributed by atoms with van der Waals surface area (Å²) in [6.07, 6.45) is 0.333. The van der Waals surface area contributed by atoms with Gasteiger partial charge in [0.1, 0.15) is 22.8 Å². The summed E-state index contributed by atoms with van der Waals surface area (Å²) in [4.78, 5) is 42.2. The highest BCUT2D eigenvalue weighted by molar-refractivity contribution is 6.24. The smallest absolute Gasteiger partial charge is 0.255 e. The van der Waals surface area contributed by atoms with E-state index < -0.39 is 58.0 Å². The van der Waals surface area contributed by atoms with E-state index >= 15 is 0 Å². The van der Waals surface area contributed by atoms with Gasteiger partial charge in [0.25, 0.3) is 5.91 Å². The standard InChI is InChI=1S/C24H29N3O7/c1-5-27(4)13-6-7-14(28)16-11(13)8-10-9-12-18(26(2)3)20(30)17(23(25)33)22(32)24(12,34)21(31)15(10)19(16)29/h6-7,10,12,18,28-29,32,34H,5,8-9H2,1-4H3,(H2,25,33). The number of carbonyl (C=O) groups is 3. The number of benzene rings is 1. The zero-order valence-corrected chi connectivity index (χ0v) is 19.5. The molecule has 0 heterocycles. The number of nitrogens with zero attached hydrogens (tertiary/aromatic N) is 2. The lowest BCUT2D eigenvalue weighted by Gasteiger charge is -2.50. The minimum atomic E-state index is -2.63. The number of primary amides is 1. The van der Waals surface area contributed by atoms with Gasteiger partial charge in [-0.15, -0.1) is 0 Å². The highest BCUT2D eigenvalue weighted by Gasteiger charge is 2.64. The molecule has 6 N–H and O–H groups in total. The van der Waals surface area contributed by atoms with Gasteiger partial charge < -0.3 is 31.1 Å². The second-order valence-corrected chi connectivity index (χ2v) is 9.43. The fraction of sp³-hybridized carbons (Fsp3) is 0.458. The molecule has 0 spiro atoms. The average molecular weight is 472 g/mol. The maximum atomic E-state index is 13.7. The Balaban J connectivity index is 1.98. The Morgan fingerprint density at radius 3 is 2.38 bits per heavy atom. The molecule has 0 aromatic heterocycles. The number of ketones is 2. The summed E-state index contributed by atoms with van der Waals surface area (Å²) in [6, 6.07) is 2.06. The van der Waals surface area contributed by atoms with Crippen LogP contribution in [-0.2, 0) is 20.8 Å². The Bertz CT molecular complexity index is 1190. The van der Waals surface area contributed by atoms with Gasteiger partial charge in [0.05, 0.1) is 11.6 Å². The van der Waals surface area contributed by atoms with Crippen molar-refractivity contribution in [3.63, 3.8) is 0 Å². The van der Waals surface area contributed by atoms with Gasteiger partial charge >= 0.3 is 0 Å². The Morgan fingerprint density at radius 2 is 1.82 bits per heavy atom. The first kappa shape index (κ1) is 23.8. The van der Waals surface area contributed by atoms with E-state index in [1.165, 1.54) is 11.0 Å². The van der Waals surface area contributed by atoms with E-state index in [9.17, 15) is 34.8 Å². The number of likely N-dealkylation sites (N-methyl/N-ethyl adjacent to an activating group) is 1. The number of aromatic hydroxyl groups is 1. The Kier molecular flexibility index (Phi) is 5.49. The fourth-order valence-electron chi connectivity index (χ4n) is 5.76. The molecule has 0 radical (unpaired) electrons. The number of aliphatic hydroxyl groups is 3. The molecule has 10 nitrogen and oxygen atoms in total. The van der Waals surface area contributed by atoms with Crippen LogP contribution >= 0.6 is 0 Å². The molecule has 34 heavy (non-hydrogen) atoms. The lowest BCUT2D eigenvalue weighted by molar-refractivity contribution is -0.153. The third-order valence-electron chi connectivity index (χ3n) is 7.47. The van der Waals surface area contributed by atoms with Gasteiger partial charge in [0, 0.05) is 30.8 Å². The number of Topliss-reactive ketones (excluding diaryl/α,β-unsaturated/α-hetero) is 2. The van der Waals surface area contributed by atoms with Gasteiger partial charge in [-0.05, 0) is 57.5 Å². The number of aliphatic hydroxyl groups excluding tert-OH is 2. The third kappa shape index (κ3) is 2.98. The van der Waals surface area contributed by atoms with Gasteiger partial charge in [0.2, 0.25) is 5.78 Å². The van der Waals surface area contributed by atoms with Crippen LogP contribution in [0.3, 0.4) is 0 Å². The van der Waals surface area contributed by atoms with E-state index in [4.69, 9.17) is 5.73 Å². The molecule has 1 amide bonds. The zero-order chi connectivity index (χ0) is 25.3. The molecule has 4 atom stereocenters. The summed E-state index contributed by atoms with van der Waals surface area (Å²) in [6.45, 7) is 2.61. The van der Waals surface area contributed by atoms with Gasteiger partial charge in [0.15, 0.2) is 11.4 Å². The van der Waals surface area contributed by atoms with Crippen molar-refractivity contribution < 1.29 is 34.8 Å². The molecule has 0 bridgehead atoms. The second kappa shape index (κ2) is 7.85. The Morgan fingerprint density at radius 1 is 1.18 bits per heavy atom. The highest BCUT2D eigenvalue weighted by atomic mass is 16.3. The molecule has 0 saturated heterocycles. The quantitative estimate of drug-likeness (QED) is 0.391. The van der Waals surface area contributed by atoms with Crippen LogP contribution in [0, 0.1) is 11.8 Å². The average Bonchev–Trinajstić information content (AvgIpc) is 2.75. The van der Waals surface area contributed by atoms with E-state index in [1.54, 1.807) is 20.2 Å². The van der Waals surface area contributed by atoms with Gasteiger partial charge in [-0.1, -0.05) is 0 Å². The Hall–Kier alpha value is -3.37. The second-order valence-electron chi connectivity index (χ2n) is 9.43. The van der Waals surface area contributed by atoms with E-state index in [-0.39, 0.29) is 29.7 Å². The summed E-state index contributed by atoms with van der Waals surface area (Å²) in [7, 11) is 5.00. The molecule has 4 rings (SSSR count). The number of carbonyl (C=O) groups excluding carboxylic acids is 3. The molecule has 4 unspecified atom stereocenters. The minimum Gasteiger partial charge on any atom is -0.508 e. The summed E-state index contributed by atoms with van der Waals surface area (Å²) in [5.41, 5.74) is 3.23. The number of phenols is 1. The van der Waals surface area contributed by atoms with Crippen molar-refractivity contribution in [3.05, 3.63) is 40.2 Å². The number of nitrogens with two attached hydrogens (primary N) is 1. The molecule has 3 aliphatic rings. The normalized spacial score (nSPS) is 28.6. The van der Waals surface area contributed by atoms with Crippen LogP contribution in [0.5, 0.6) is 5.75 Å². The summed E-state index contributed by atoms with van der Waals surface area (Å²) in [5, 5.41) is 44.1. The zero-order valence-electron chi connectivity index (χ0n) is 19.5. The van der Waals surface area contributed by atoms with Gasteiger partial charge in [-0.2, -0.15) is 0 Å². The van der Waals surface area contributed by atoms with Gasteiger partial charge in [-0.3, -0.25) is 19.3 Å². The van der Waals surface area contributed by atoms with E-state index in [0.717, 1.165) is 5.69 Å². The minimum absolute atomic E-state index is 0.0662. The molecule has 1 saturated carbocycles. The van der Waals surface area contributed by atoms with Crippen molar-refractivity contribution in [2.75, 3.05) is 32.6 Å². The van der Waals surface area contributed by atoms with E-state index in [1.807, 2.05) is 18.9 Å². The first-order valence-electron chi connectivity index (χ1n) is 11.1. The predicted octanol–water partition coefficient (Wildman–Crippen LogP) is 0.420. The number of hydrogen-bond acceptors (Lipinski definition) is 9. The number of rotatable bonds is 4. The van der Waals surface area contributed by atoms with Crippen LogP contribution in [0.15, 0.2) is 29.0 Å². The number of amides is 1. The topological polar surface area (TPSA) is 165 Å². The highest BCUT2D eigenvalue weighted by Crippen LogP contribution is 2.53. The van der Waals surface area contributed by atoms with Crippen molar-refractivity contribution >= 4 is 28.9 Å². The van der Waals surface area contributed by atoms with Crippen LogP contribution in [0.1, 0.15) is 24.5 Å². The lowest BCUT2D eigenvalue weighted by atomic mass is 9.57. The summed E-state index contributed by atoms with van der Waals surface area (Å²) >= 11 is 0. The maximum Gasteiger partial charge on any atom is 0.255 e. The van der Waals surface area contributed by atoms with E-state index in [0.29, 0.717) is 12.1 Å². The number of hydrogen-bond donors (Lipinski definition) is 5. The molecule has 10 heteroatoms. The lowest BCUT2D eigenvalue weighted by Crippen LogP contribution is -2.65. The van der Waals surface area contributed by atoms with Crippen LogP contribution in [-0.4, -0.2) is 82.1 Å². The first-order chi connectivity index (χ1) is 15.9. The van der Waals surface area contributed by atoms with Crippen molar-refractivity contribution in [3.8, 4) is 5.75 Å². The number of phenolic OH excluding ortho intramolecular Hbond substituents is 1. The molecular formula is C24H29N3O7. The number of anilines is 1. The molecule has 182 valence electrons. The van der Waals surface area contributed by atoms with Crippen LogP contribution in [0.2, 0.25) is 0 Å². The summed E-state index contributed by atoms with van der Waals surface area (Å²) < 4.78 is 0. The summed E-state index contributed by atoms with van der Waals surface area (Å²) in [5.74, 6) is -6.52. The molecule has 1 fully saturated rings. The Labute approximate surface area is 196 Å². The van der Waals surface area contributed by atoms with Crippen molar-refractivity contribution in [2.45, 2.75) is 31.4 Å². The van der Waals surface area contributed by atoms with Gasteiger partial charge in [-0.25, -0.2) is 0 Å². The van der Waals surface area contributed by atoms with Crippen LogP contribution in [0.4, 0.5) is 5.69 Å². The SMILES string of the molecule is CCN(C)c1ccc(O)c2c1CC1CC3C(N(C)C)C(=O)C(C(N)=O)=C(O)C3(O)C(=O)C1=C2O. The predicted molar refractivity (Wildman–Crippen MR) is 123 cm³/mol. The van der Waals surface area contributed by atoms with E-state index in [2.05, 4.69) is 0 Å². The maximum absolute atomic E-state index is 13.7. The molecule has 1 aromatic rings. The van der Waals surface area contributed by atoms with Crippen molar-refractivity contribution in [1.29, 1.82) is 0 Å². The van der Waals surface area contributed by atoms with Crippen molar-refractivity contribution in [2.24, 2.45) is 17.6 Å². The third-order valence-corrected chi connectivity index (χ3v) is 7.47. The largest absolute Gasteiger partial charge is 0.508 e. The van der Waals surface area contributed by atoms with Crippen LogP contribution < -0.4 is 10.6 Å². The fourth-order valence-corrected chi connectivity index (χ4v) is 5.76. The first-order valence-corrected chi connectivity index (χ1v) is 11.1. The van der Waals surface area contributed by atoms with Crippen molar-refractivity contribution in [1.82, 2.24) is 4.90 Å². The monoisotopic (exact) mass is 471 g/mol.